The fraction of sp³-hybridized carbons (Fsp3) is 0.294. The van der Waals surface area contributed by atoms with Crippen molar-refractivity contribution in [2.75, 3.05) is 13.7 Å². The molecule has 0 unspecified atom stereocenters. The molecule has 20 heavy (non-hydrogen) atoms. The molecule has 0 spiro atoms. The molecule has 2 aromatic rings. The van der Waals surface area contributed by atoms with Gasteiger partial charge in [0.2, 0.25) is 0 Å². The summed E-state index contributed by atoms with van der Waals surface area (Å²) in [5.74, 6) is 1.71. The van der Waals surface area contributed by atoms with Gasteiger partial charge in [-0.1, -0.05) is 24.3 Å². The molecule has 0 aliphatic rings. The summed E-state index contributed by atoms with van der Waals surface area (Å²) in [6.45, 7) is 3.27. The quantitative estimate of drug-likeness (QED) is 0.875. The molecule has 0 bridgehead atoms. The number of rotatable bonds is 6. The van der Waals surface area contributed by atoms with Crippen molar-refractivity contribution < 1.29 is 9.47 Å². The minimum Gasteiger partial charge on any atom is -0.457 e. The lowest BCUT2D eigenvalue weighted by Crippen LogP contribution is -2.03. The van der Waals surface area contributed by atoms with Gasteiger partial charge >= 0.3 is 0 Å². The van der Waals surface area contributed by atoms with Gasteiger partial charge in [0.15, 0.2) is 0 Å². The highest BCUT2D eigenvalue weighted by atomic mass is 16.5. The van der Waals surface area contributed by atoms with Gasteiger partial charge in [0.25, 0.3) is 0 Å². The van der Waals surface area contributed by atoms with Crippen LogP contribution in [-0.4, -0.2) is 13.7 Å². The molecule has 2 aromatic carbocycles. The van der Waals surface area contributed by atoms with E-state index in [-0.39, 0.29) is 0 Å². The monoisotopic (exact) mass is 271 g/mol. The van der Waals surface area contributed by atoms with Crippen LogP contribution in [0.25, 0.3) is 0 Å². The molecular formula is C17H21NO2. The number of hydrogen-bond acceptors (Lipinski definition) is 3. The topological polar surface area (TPSA) is 44.5 Å². The molecule has 0 heterocycles. The van der Waals surface area contributed by atoms with E-state index in [0.29, 0.717) is 13.2 Å². The third-order valence-electron chi connectivity index (χ3n) is 3.12. The Kier molecular flexibility index (Phi) is 5.16. The third-order valence-corrected chi connectivity index (χ3v) is 3.12. The van der Waals surface area contributed by atoms with Gasteiger partial charge in [-0.3, -0.25) is 0 Å². The van der Waals surface area contributed by atoms with Crippen LogP contribution in [0.2, 0.25) is 0 Å². The van der Waals surface area contributed by atoms with E-state index in [4.69, 9.17) is 15.2 Å². The van der Waals surface area contributed by atoms with Crippen molar-refractivity contribution >= 4 is 0 Å². The van der Waals surface area contributed by atoms with Crippen molar-refractivity contribution in [1.82, 2.24) is 0 Å². The Balaban J connectivity index is 2.20. The van der Waals surface area contributed by atoms with Crippen LogP contribution in [0.4, 0.5) is 0 Å². The molecule has 2 N–H and O–H groups in total. The Morgan fingerprint density at radius 3 is 2.65 bits per heavy atom. The van der Waals surface area contributed by atoms with Crippen molar-refractivity contribution in [3.05, 3.63) is 59.2 Å². The summed E-state index contributed by atoms with van der Waals surface area (Å²) in [5.41, 5.74) is 9.01. The molecule has 0 radical (unpaired) electrons. The number of ether oxygens (including phenoxy) is 2. The second-order valence-corrected chi connectivity index (χ2v) is 4.82. The highest BCUT2D eigenvalue weighted by molar-refractivity contribution is 5.41. The van der Waals surface area contributed by atoms with Crippen molar-refractivity contribution in [2.45, 2.75) is 20.0 Å². The van der Waals surface area contributed by atoms with Crippen LogP contribution in [0.1, 0.15) is 16.7 Å². The number of nitrogens with two attached hydrogens (primary N) is 1. The first-order valence-corrected chi connectivity index (χ1v) is 6.78. The second kappa shape index (κ2) is 7.08. The molecule has 0 aromatic heterocycles. The van der Waals surface area contributed by atoms with Crippen LogP contribution in [0.5, 0.6) is 11.5 Å². The molecule has 3 heteroatoms. The van der Waals surface area contributed by atoms with E-state index in [1.165, 1.54) is 5.56 Å². The van der Waals surface area contributed by atoms with Crippen LogP contribution in [0.15, 0.2) is 42.5 Å². The molecule has 3 nitrogen and oxygen atoms in total. The van der Waals surface area contributed by atoms with E-state index in [9.17, 15) is 0 Å². The summed E-state index contributed by atoms with van der Waals surface area (Å²) >= 11 is 0. The predicted molar refractivity (Wildman–Crippen MR) is 81.2 cm³/mol. The second-order valence-electron chi connectivity index (χ2n) is 4.82. The number of aryl methyl sites for hydroxylation is 1. The van der Waals surface area contributed by atoms with E-state index in [0.717, 1.165) is 29.0 Å². The largest absolute Gasteiger partial charge is 0.457 e. The first-order valence-electron chi connectivity index (χ1n) is 6.78. The van der Waals surface area contributed by atoms with Crippen LogP contribution in [0.3, 0.4) is 0 Å². The van der Waals surface area contributed by atoms with Crippen molar-refractivity contribution in [3.8, 4) is 11.5 Å². The summed E-state index contributed by atoms with van der Waals surface area (Å²) in [7, 11) is 1.69. The summed E-state index contributed by atoms with van der Waals surface area (Å²) in [6.07, 6.45) is 0.861. The van der Waals surface area contributed by atoms with Gasteiger partial charge in [-0.05, 0) is 54.8 Å². The summed E-state index contributed by atoms with van der Waals surface area (Å²) in [5, 5.41) is 0. The van der Waals surface area contributed by atoms with Gasteiger partial charge in [-0.25, -0.2) is 0 Å². The van der Waals surface area contributed by atoms with Crippen molar-refractivity contribution in [2.24, 2.45) is 5.73 Å². The highest BCUT2D eigenvalue weighted by Gasteiger charge is 2.04. The van der Waals surface area contributed by atoms with Gasteiger partial charge in [-0.15, -0.1) is 0 Å². The maximum Gasteiger partial charge on any atom is 0.130 e. The Bertz CT molecular complexity index is 567. The average Bonchev–Trinajstić information content (AvgIpc) is 2.44. The summed E-state index contributed by atoms with van der Waals surface area (Å²) < 4.78 is 11.1. The fourth-order valence-corrected chi connectivity index (χ4v) is 2.07. The van der Waals surface area contributed by atoms with Crippen molar-refractivity contribution in [1.29, 1.82) is 0 Å². The maximum absolute atomic E-state index is 5.99. The Labute approximate surface area is 120 Å². The van der Waals surface area contributed by atoms with E-state index in [2.05, 4.69) is 18.2 Å². The molecule has 2 rings (SSSR count). The predicted octanol–water partition coefficient (Wildman–Crippen LogP) is 3.43. The van der Waals surface area contributed by atoms with Crippen LogP contribution >= 0.6 is 0 Å². The number of benzene rings is 2. The first-order chi connectivity index (χ1) is 9.72. The Morgan fingerprint density at radius 2 is 1.90 bits per heavy atom. The minimum absolute atomic E-state index is 0.587. The molecule has 0 amide bonds. The molecule has 106 valence electrons. The lowest BCUT2D eigenvalue weighted by molar-refractivity contribution is 0.184. The van der Waals surface area contributed by atoms with E-state index >= 15 is 0 Å². The molecule has 0 saturated carbocycles. The molecular weight excluding hydrogens is 250 g/mol. The highest BCUT2D eigenvalue weighted by Crippen LogP contribution is 2.27. The summed E-state index contributed by atoms with van der Waals surface area (Å²) in [6, 6.07) is 14.2. The molecule has 0 atom stereocenters. The van der Waals surface area contributed by atoms with Gasteiger partial charge < -0.3 is 15.2 Å². The van der Waals surface area contributed by atoms with Crippen LogP contribution < -0.4 is 10.5 Å². The number of methoxy groups -OCH3 is 1. The van der Waals surface area contributed by atoms with E-state index < -0.39 is 0 Å². The van der Waals surface area contributed by atoms with E-state index in [1.54, 1.807) is 7.11 Å². The minimum atomic E-state index is 0.587. The fourth-order valence-electron chi connectivity index (χ4n) is 2.07. The van der Waals surface area contributed by atoms with Crippen LogP contribution in [-0.2, 0) is 17.8 Å². The average molecular weight is 271 g/mol. The molecule has 0 aliphatic heterocycles. The smallest absolute Gasteiger partial charge is 0.130 e. The van der Waals surface area contributed by atoms with Gasteiger partial charge in [0.05, 0.1) is 6.61 Å². The lowest BCUT2D eigenvalue weighted by Gasteiger charge is -2.11. The molecule has 0 aliphatic carbocycles. The zero-order valence-electron chi connectivity index (χ0n) is 12.1. The molecule has 0 fully saturated rings. The maximum atomic E-state index is 5.99. The van der Waals surface area contributed by atoms with Gasteiger partial charge in [0.1, 0.15) is 11.5 Å². The van der Waals surface area contributed by atoms with E-state index in [1.807, 2.05) is 31.2 Å². The lowest BCUT2D eigenvalue weighted by atomic mass is 10.1. The summed E-state index contributed by atoms with van der Waals surface area (Å²) in [4.78, 5) is 0. The van der Waals surface area contributed by atoms with Gasteiger partial charge in [0, 0.05) is 7.11 Å². The SMILES string of the molecule is COCc1cccc(Oc2cc(CCN)ccc2C)c1. The number of hydrogen-bond donors (Lipinski definition) is 1. The van der Waals surface area contributed by atoms with Gasteiger partial charge in [-0.2, -0.15) is 0 Å². The Hall–Kier alpha value is -1.84. The van der Waals surface area contributed by atoms with Crippen LogP contribution in [0, 0.1) is 6.92 Å². The third kappa shape index (κ3) is 3.83. The standard InChI is InChI=1S/C17H21NO2/c1-13-6-7-14(8-9-18)11-17(13)20-16-5-3-4-15(10-16)12-19-2/h3-7,10-11H,8-9,12,18H2,1-2H3. The zero-order valence-corrected chi connectivity index (χ0v) is 12.1. The molecule has 0 saturated heterocycles. The zero-order chi connectivity index (χ0) is 14.4. The normalized spacial score (nSPS) is 10.6. The Morgan fingerprint density at radius 1 is 1.05 bits per heavy atom. The van der Waals surface area contributed by atoms with Crippen molar-refractivity contribution in [3.63, 3.8) is 0 Å². The first kappa shape index (κ1) is 14.6.